The first-order valence-electron chi connectivity index (χ1n) is 7.52. The predicted molar refractivity (Wildman–Crippen MR) is 76.5 cm³/mol. The molecular formula is C18H20O. The van der Waals surface area contributed by atoms with Crippen molar-refractivity contribution in [3.05, 3.63) is 42.0 Å². The van der Waals surface area contributed by atoms with E-state index in [4.69, 9.17) is 0 Å². The number of rotatable bonds is 2. The van der Waals surface area contributed by atoms with Crippen molar-refractivity contribution in [2.75, 3.05) is 0 Å². The normalized spacial score (nSPS) is 40.2. The van der Waals surface area contributed by atoms with Crippen molar-refractivity contribution in [1.82, 2.24) is 0 Å². The highest BCUT2D eigenvalue weighted by atomic mass is 16.1. The second kappa shape index (κ2) is 4.06. The summed E-state index contributed by atoms with van der Waals surface area (Å²) in [5.74, 6) is 2.16. The van der Waals surface area contributed by atoms with Crippen LogP contribution in [0.15, 0.2) is 36.4 Å². The van der Waals surface area contributed by atoms with Crippen LogP contribution in [0.3, 0.4) is 0 Å². The van der Waals surface area contributed by atoms with Gasteiger partial charge in [-0.05, 0) is 49.0 Å². The highest BCUT2D eigenvalue weighted by Crippen LogP contribution is 2.59. The minimum absolute atomic E-state index is 0.334. The van der Waals surface area contributed by atoms with E-state index < -0.39 is 0 Å². The summed E-state index contributed by atoms with van der Waals surface area (Å²) in [5.41, 5.74) is 1.62. The summed E-state index contributed by atoms with van der Waals surface area (Å²) in [6.07, 6.45) is 10.6. The molecule has 4 fully saturated rings. The molecule has 0 amide bonds. The first kappa shape index (κ1) is 11.5. The molecule has 98 valence electrons. The molecule has 0 saturated heterocycles. The zero-order valence-electron chi connectivity index (χ0n) is 11.2. The van der Waals surface area contributed by atoms with Crippen LogP contribution in [-0.4, -0.2) is 5.78 Å². The SMILES string of the molecule is O=C1[C@@H]2CC3C[C@H]1CC(/C=C/c1ccccc1)(C3)C2. The zero-order valence-corrected chi connectivity index (χ0v) is 11.2. The fourth-order valence-electron chi connectivity index (χ4n) is 4.85. The van der Waals surface area contributed by atoms with Gasteiger partial charge >= 0.3 is 0 Å². The molecule has 0 heterocycles. The fourth-order valence-corrected chi connectivity index (χ4v) is 4.85. The van der Waals surface area contributed by atoms with E-state index >= 15 is 0 Å². The van der Waals surface area contributed by atoms with E-state index in [0.717, 1.165) is 18.8 Å². The summed E-state index contributed by atoms with van der Waals surface area (Å²) in [4.78, 5) is 12.2. The molecule has 4 bridgehead atoms. The number of benzene rings is 1. The molecule has 0 N–H and O–H groups in total. The fraction of sp³-hybridized carbons (Fsp3) is 0.500. The molecule has 1 heteroatoms. The number of hydrogen-bond acceptors (Lipinski definition) is 1. The lowest BCUT2D eigenvalue weighted by molar-refractivity contribution is -0.143. The average Bonchev–Trinajstić information content (AvgIpc) is 2.43. The Hall–Kier alpha value is -1.37. The molecule has 0 aromatic heterocycles. The summed E-state index contributed by atoms with van der Waals surface area (Å²) in [7, 11) is 0. The van der Waals surface area contributed by atoms with Crippen LogP contribution < -0.4 is 0 Å². The van der Waals surface area contributed by atoms with Gasteiger partial charge in [-0.25, -0.2) is 0 Å². The number of Topliss-reactive ketones (excluding diaryl/α,β-unsaturated/α-hetero) is 1. The zero-order chi connectivity index (χ0) is 12.9. The van der Waals surface area contributed by atoms with Crippen molar-refractivity contribution < 1.29 is 4.79 Å². The lowest BCUT2D eigenvalue weighted by atomic mass is 9.49. The number of carbonyl (C=O) groups is 1. The topological polar surface area (TPSA) is 17.1 Å². The van der Waals surface area contributed by atoms with Gasteiger partial charge in [0.2, 0.25) is 0 Å². The van der Waals surface area contributed by atoms with Gasteiger partial charge in [0.05, 0.1) is 0 Å². The van der Waals surface area contributed by atoms with Gasteiger partial charge in [-0.1, -0.05) is 42.5 Å². The number of ketones is 1. The minimum atomic E-state index is 0.334. The number of hydrogen-bond donors (Lipinski definition) is 0. The molecule has 0 spiro atoms. The summed E-state index contributed by atoms with van der Waals surface area (Å²) in [6.45, 7) is 0. The molecule has 19 heavy (non-hydrogen) atoms. The largest absolute Gasteiger partial charge is 0.299 e. The van der Waals surface area contributed by atoms with Crippen LogP contribution in [0.4, 0.5) is 0 Å². The predicted octanol–water partition coefficient (Wildman–Crippen LogP) is 4.10. The van der Waals surface area contributed by atoms with Crippen LogP contribution in [-0.2, 0) is 4.79 Å². The van der Waals surface area contributed by atoms with Crippen LogP contribution in [0.2, 0.25) is 0 Å². The maximum Gasteiger partial charge on any atom is 0.139 e. The Morgan fingerprint density at radius 2 is 1.68 bits per heavy atom. The lowest BCUT2D eigenvalue weighted by Gasteiger charge is -2.54. The first-order chi connectivity index (χ1) is 9.24. The third-order valence-corrected chi connectivity index (χ3v) is 5.47. The van der Waals surface area contributed by atoms with E-state index in [0.29, 0.717) is 23.0 Å². The molecule has 0 aliphatic heterocycles. The molecule has 1 aromatic rings. The second-order valence-corrected chi connectivity index (χ2v) is 6.85. The molecule has 1 nitrogen and oxygen atoms in total. The Bertz CT molecular complexity index is 510. The molecule has 4 aliphatic carbocycles. The molecule has 0 radical (unpaired) electrons. The van der Waals surface area contributed by atoms with Crippen LogP contribution in [0, 0.1) is 23.2 Å². The van der Waals surface area contributed by atoms with Gasteiger partial charge in [-0.3, -0.25) is 4.79 Å². The molecule has 1 aromatic carbocycles. The first-order valence-corrected chi connectivity index (χ1v) is 7.52. The summed E-state index contributed by atoms with van der Waals surface area (Å²) >= 11 is 0. The van der Waals surface area contributed by atoms with E-state index in [1.54, 1.807) is 0 Å². The Morgan fingerprint density at radius 1 is 1.00 bits per heavy atom. The Kier molecular flexibility index (Phi) is 2.45. The number of carbonyl (C=O) groups excluding carboxylic acids is 1. The van der Waals surface area contributed by atoms with Crippen molar-refractivity contribution in [2.24, 2.45) is 23.2 Å². The van der Waals surface area contributed by atoms with Gasteiger partial charge in [0.25, 0.3) is 0 Å². The van der Waals surface area contributed by atoms with Crippen LogP contribution in [0.1, 0.15) is 37.7 Å². The van der Waals surface area contributed by atoms with Crippen LogP contribution in [0.5, 0.6) is 0 Å². The molecule has 4 saturated carbocycles. The Morgan fingerprint density at radius 3 is 2.37 bits per heavy atom. The van der Waals surface area contributed by atoms with Crippen molar-refractivity contribution in [2.45, 2.75) is 32.1 Å². The van der Waals surface area contributed by atoms with E-state index in [9.17, 15) is 4.79 Å². The summed E-state index contributed by atoms with van der Waals surface area (Å²) < 4.78 is 0. The maximum absolute atomic E-state index is 12.2. The van der Waals surface area contributed by atoms with Gasteiger partial charge in [-0.2, -0.15) is 0 Å². The van der Waals surface area contributed by atoms with Crippen molar-refractivity contribution in [3.8, 4) is 0 Å². The average molecular weight is 252 g/mol. The molecule has 4 atom stereocenters. The summed E-state index contributed by atoms with van der Waals surface area (Å²) in [5, 5.41) is 0. The lowest BCUT2D eigenvalue weighted by Crippen LogP contribution is -2.50. The third-order valence-electron chi connectivity index (χ3n) is 5.47. The standard InChI is InChI=1S/C18H20O/c19-17-15-8-14-9-16(17)12-18(10-14,11-15)7-6-13-4-2-1-3-5-13/h1-7,14-16H,8-12H2/b7-6+/t14?,15-,16+,18?. The van der Waals surface area contributed by atoms with Crippen molar-refractivity contribution >= 4 is 11.9 Å². The number of allylic oxidation sites excluding steroid dienone is 1. The van der Waals surface area contributed by atoms with Crippen molar-refractivity contribution in [3.63, 3.8) is 0 Å². The maximum atomic E-state index is 12.2. The van der Waals surface area contributed by atoms with E-state index in [-0.39, 0.29) is 0 Å². The van der Waals surface area contributed by atoms with Crippen LogP contribution in [0.25, 0.3) is 6.08 Å². The Labute approximate surface area is 114 Å². The smallest absolute Gasteiger partial charge is 0.139 e. The highest BCUT2D eigenvalue weighted by molar-refractivity contribution is 5.85. The van der Waals surface area contributed by atoms with Crippen molar-refractivity contribution in [1.29, 1.82) is 0 Å². The minimum Gasteiger partial charge on any atom is -0.299 e. The monoisotopic (exact) mass is 252 g/mol. The van der Waals surface area contributed by atoms with E-state index in [2.05, 4.69) is 42.5 Å². The van der Waals surface area contributed by atoms with Gasteiger partial charge < -0.3 is 0 Å². The molecular weight excluding hydrogens is 232 g/mol. The van der Waals surface area contributed by atoms with E-state index in [1.165, 1.54) is 24.8 Å². The van der Waals surface area contributed by atoms with Gasteiger partial charge in [0, 0.05) is 11.8 Å². The third kappa shape index (κ3) is 1.87. The highest BCUT2D eigenvalue weighted by Gasteiger charge is 2.53. The molecule has 2 unspecified atom stereocenters. The molecule has 5 rings (SSSR count). The van der Waals surface area contributed by atoms with E-state index in [1.807, 2.05) is 0 Å². The van der Waals surface area contributed by atoms with Gasteiger partial charge in [0.15, 0.2) is 0 Å². The second-order valence-electron chi connectivity index (χ2n) is 6.85. The molecule has 4 aliphatic rings. The van der Waals surface area contributed by atoms with Gasteiger partial charge in [0.1, 0.15) is 5.78 Å². The van der Waals surface area contributed by atoms with Crippen LogP contribution >= 0.6 is 0 Å². The van der Waals surface area contributed by atoms with Gasteiger partial charge in [-0.15, -0.1) is 0 Å². The quantitative estimate of drug-likeness (QED) is 0.774. The Balaban J connectivity index is 1.61. The summed E-state index contributed by atoms with van der Waals surface area (Å²) in [6, 6.07) is 10.5.